The second-order valence-electron chi connectivity index (χ2n) is 6.54. The predicted molar refractivity (Wildman–Crippen MR) is 91.2 cm³/mol. The second-order valence-corrected chi connectivity index (χ2v) is 7.51. The largest absolute Gasteiger partial charge is 0.389 e. The van der Waals surface area contributed by atoms with Crippen LogP contribution in [0.3, 0.4) is 0 Å². The highest BCUT2D eigenvalue weighted by molar-refractivity contribution is 7.09. The highest BCUT2D eigenvalue weighted by Crippen LogP contribution is 2.27. The first-order chi connectivity index (χ1) is 10.5. The van der Waals surface area contributed by atoms with Gasteiger partial charge in [-0.3, -0.25) is 9.88 Å². The molecular formula is C17H23N3OS. The lowest BCUT2D eigenvalue weighted by atomic mass is 9.96. The Labute approximate surface area is 135 Å². The molecule has 118 valence electrons. The first kappa shape index (κ1) is 15.5. The van der Waals surface area contributed by atoms with E-state index in [1.54, 1.807) is 11.3 Å². The van der Waals surface area contributed by atoms with E-state index in [4.69, 9.17) is 0 Å². The molecule has 1 aliphatic heterocycles. The summed E-state index contributed by atoms with van der Waals surface area (Å²) in [6.45, 7) is 7.19. The van der Waals surface area contributed by atoms with Crippen molar-refractivity contribution in [1.29, 1.82) is 0 Å². The van der Waals surface area contributed by atoms with Crippen LogP contribution in [0.5, 0.6) is 0 Å². The maximum absolute atomic E-state index is 10.0. The molecule has 0 saturated carbocycles. The SMILES string of the molecule is CC(C)(O)CN1CCc2c(cccc2NCc2cncs2)C1. The first-order valence-electron chi connectivity index (χ1n) is 7.68. The maximum atomic E-state index is 10.0. The number of hydrogen-bond donors (Lipinski definition) is 2. The molecule has 2 N–H and O–H groups in total. The third-order valence-corrected chi connectivity index (χ3v) is 4.67. The zero-order valence-electron chi connectivity index (χ0n) is 13.2. The summed E-state index contributed by atoms with van der Waals surface area (Å²) >= 11 is 1.68. The van der Waals surface area contributed by atoms with Gasteiger partial charge in [0.1, 0.15) is 0 Å². The van der Waals surface area contributed by atoms with Crippen molar-refractivity contribution in [2.75, 3.05) is 18.4 Å². The number of rotatable bonds is 5. The van der Waals surface area contributed by atoms with Crippen LogP contribution >= 0.6 is 11.3 Å². The number of benzene rings is 1. The van der Waals surface area contributed by atoms with Gasteiger partial charge in [-0.2, -0.15) is 0 Å². The Morgan fingerprint density at radius 1 is 1.41 bits per heavy atom. The molecule has 2 heterocycles. The Balaban J connectivity index is 1.70. The van der Waals surface area contributed by atoms with Gasteiger partial charge in [0, 0.05) is 36.4 Å². The fourth-order valence-electron chi connectivity index (χ4n) is 3.03. The minimum atomic E-state index is -0.639. The molecule has 0 atom stereocenters. The van der Waals surface area contributed by atoms with Gasteiger partial charge < -0.3 is 10.4 Å². The molecule has 2 aromatic rings. The summed E-state index contributed by atoms with van der Waals surface area (Å²) in [6, 6.07) is 6.47. The minimum Gasteiger partial charge on any atom is -0.389 e. The number of anilines is 1. The fraction of sp³-hybridized carbons (Fsp3) is 0.471. The third kappa shape index (κ3) is 3.85. The number of aromatic nitrogens is 1. The second kappa shape index (κ2) is 6.36. The summed E-state index contributed by atoms with van der Waals surface area (Å²) in [7, 11) is 0. The molecule has 1 aliphatic rings. The third-order valence-electron chi connectivity index (χ3n) is 3.89. The Morgan fingerprint density at radius 3 is 3.00 bits per heavy atom. The van der Waals surface area contributed by atoms with E-state index in [0.717, 1.165) is 26.1 Å². The summed E-state index contributed by atoms with van der Waals surface area (Å²) < 4.78 is 0. The van der Waals surface area contributed by atoms with E-state index in [9.17, 15) is 5.11 Å². The summed E-state index contributed by atoms with van der Waals surface area (Å²) in [6.07, 6.45) is 2.94. The van der Waals surface area contributed by atoms with E-state index in [0.29, 0.717) is 6.54 Å². The topological polar surface area (TPSA) is 48.4 Å². The van der Waals surface area contributed by atoms with E-state index in [-0.39, 0.29) is 0 Å². The molecular weight excluding hydrogens is 294 g/mol. The molecule has 0 unspecified atom stereocenters. The molecule has 0 saturated heterocycles. The Hall–Kier alpha value is -1.43. The van der Waals surface area contributed by atoms with Gasteiger partial charge in [-0.1, -0.05) is 12.1 Å². The summed E-state index contributed by atoms with van der Waals surface area (Å²) in [5, 5.41) is 13.5. The molecule has 3 rings (SSSR count). The molecule has 1 aromatic carbocycles. The van der Waals surface area contributed by atoms with Crippen molar-refractivity contribution in [2.45, 2.75) is 39.0 Å². The molecule has 0 aliphatic carbocycles. The van der Waals surface area contributed by atoms with E-state index in [1.165, 1.54) is 21.7 Å². The highest BCUT2D eigenvalue weighted by atomic mass is 32.1. The van der Waals surface area contributed by atoms with Gasteiger partial charge in [0.25, 0.3) is 0 Å². The van der Waals surface area contributed by atoms with Crippen LogP contribution in [0.15, 0.2) is 29.9 Å². The van der Waals surface area contributed by atoms with Crippen molar-refractivity contribution in [3.63, 3.8) is 0 Å². The van der Waals surface area contributed by atoms with E-state index >= 15 is 0 Å². The Bertz CT molecular complexity index is 619. The quantitative estimate of drug-likeness (QED) is 0.890. The average molecular weight is 317 g/mol. The molecule has 1 aromatic heterocycles. The van der Waals surface area contributed by atoms with Crippen LogP contribution < -0.4 is 5.32 Å². The molecule has 4 nitrogen and oxygen atoms in total. The number of thiazole rings is 1. The lowest BCUT2D eigenvalue weighted by molar-refractivity contribution is 0.0318. The van der Waals surface area contributed by atoms with Gasteiger partial charge in [0.15, 0.2) is 0 Å². The van der Waals surface area contributed by atoms with E-state index < -0.39 is 5.60 Å². The van der Waals surface area contributed by atoms with Gasteiger partial charge in [-0.05, 0) is 37.5 Å². The van der Waals surface area contributed by atoms with Crippen LogP contribution in [0.25, 0.3) is 0 Å². The molecule has 5 heteroatoms. The van der Waals surface area contributed by atoms with E-state index in [1.807, 2.05) is 25.6 Å². The van der Waals surface area contributed by atoms with Gasteiger partial charge in [0.05, 0.1) is 17.7 Å². The number of nitrogens with zero attached hydrogens (tertiary/aromatic N) is 2. The predicted octanol–water partition coefficient (Wildman–Crippen LogP) is 2.88. The van der Waals surface area contributed by atoms with Gasteiger partial charge >= 0.3 is 0 Å². The van der Waals surface area contributed by atoms with Crippen molar-refractivity contribution in [1.82, 2.24) is 9.88 Å². The molecule has 0 bridgehead atoms. The van der Waals surface area contributed by atoms with Crippen LogP contribution in [0.4, 0.5) is 5.69 Å². The smallest absolute Gasteiger partial charge is 0.0794 e. The van der Waals surface area contributed by atoms with Crippen LogP contribution in [0.1, 0.15) is 29.9 Å². The lowest BCUT2D eigenvalue weighted by Gasteiger charge is -2.34. The first-order valence-corrected chi connectivity index (χ1v) is 8.56. The minimum absolute atomic E-state index is 0.639. The number of hydrogen-bond acceptors (Lipinski definition) is 5. The van der Waals surface area contributed by atoms with Gasteiger partial charge in [0.2, 0.25) is 0 Å². The average Bonchev–Trinajstić information content (AvgIpc) is 2.96. The molecule has 0 fully saturated rings. The van der Waals surface area contributed by atoms with Gasteiger partial charge in [-0.15, -0.1) is 11.3 Å². The summed E-state index contributed by atoms with van der Waals surface area (Å²) in [5.74, 6) is 0. The maximum Gasteiger partial charge on any atom is 0.0794 e. The number of fused-ring (bicyclic) bond motifs is 1. The van der Waals surface area contributed by atoms with Crippen molar-refractivity contribution in [2.24, 2.45) is 0 Å². The fourth-order valence-corrected chi connectivity index (χ4v) is 3.56. The number of aliphatic hydroxyl groups is 1. The van der Waals surface area contributed by atoms with E-state index in [2.05, 4.69) is 33.4 Å². The van der Waals surface area contributed by atoms with Crippen molar-refractivity contribution in [3.05, 3.63) is 45.9 Å². The summed E-state index contributed by atoms with van der Waals surface area (Å²) in [5.41, 5.74) is 5.24. The van der Waals surface area contributed by atoms with Crippen LogP contribution in [0.2, 0.25) is 0 Å². The van der Waals surface area contributed by atoms with Crippen LogP contribution in [-0.2, 0) is 19.5 Å². The van der Waals surface area contributed by atoms with Crippen molar-refractivity contribution >= 4 is 17.0 Å². The molecule has 0 spiro atoms. The highest BCUT2D eigenvalue weighted by Gasteiger charge is 2.23. The zero-order chi connectivity index (χ0) is 15.6. The van der Waals surface area contributed by atoms with Gasteiger partial charge in [-0.25, -0.2) is 0 Å². The normalized spacial score (nSPS) is 15.6. The van der Waals surface area contributed by atoms with Crippen LogP contribution in [0, 0.1) is 0 Å². The number of β-amino-alcohol motifs (C(OH)–C–C–N with tert-alkyl or cyclic N) is 1. The van der Waals surface area contributed by atoms with Crippen molar-refractivity contribution < 1.29 is 5.11 Å². The zero-order valence-corrected chi connectivity index (χ0v) is 14.0. The lowest BCUT2D eigenvalue weighted by Crippen LogP contribution is -2.41. The summed E-state index contributed by atoms with van der Waals surface area (Å²) in [4.78, 5) is 7.69. The standard InChI is InChI=1S/C17H23N3OS/c1-17(2,21)11-20-7-6-15-13(10-20)4-3-5-16(15)19-9-14-8-18-12-22-14/h3-5,8,12,19,21H,6-7,9-11H2,1-2H3. The van der Waals surface area contributed by atoms with Crippen molar-refractivity contribution in [3.8, 4) is 0 Å². The molecule has 22 heavy (non-hydrogen) atoms. The number of nitrogens with one attached hydrogen (secondary N) is 1. The van der Waals surface area contributed by atoms with Crippen LogP contribution in [-0.4, -0.2) is 33.7 Å². The molecule has 0 radical (unpaired) electrons. The Morgan fingerprint density at radius 2 is 2.27 bits per heavy atom. The monoisotopic (exact) mass is 317 g/mol. The Kier molecular flexibility index (Phi) is 4.47. The molecule has 0 amide bonds.